The van der Waals surface area contributed by atoms with Gasteiger partial charge in [0.25, 0.3) is 11.6 Å². The maximum absolute atomic E-state index is 13.1. The van der Waals surface area contributed by atoms with Crippen LogP contribution in [0.1, 0.15) is 17.2 Å². The smallest absolute Gasteiger partial charge is 0.269 e. The van der Waals surface area contributed by atoms with Gasteiger partial charge in [0.15, 0.2) is 0 Å². The lowest BCUT2D eigenvalue weighted by atomic mass is 10.1. The van der Waals surface area contributed by atoms with Crippen molar-refractivity contribution in [3.8, 4) is 0 Å². The summed E-state index contributed by atoms with van der Waals surface area (Å²) in [6, 6.07) is 9.98. The number of benzene rings is 2. The zero-order valence-corrected chi connectivity index (χ0v) is 16.3. The number of nitrogens with zero attached hydrogens (tertiary/aromatic N) is 3. The molecule has 0 N–H and O–H groups in total. The Hall–Kier alpha value is -2.82. The largest absolute Gasteiger partial charge is 0.275 e. The molecule has 148 valence electrons. The van der Waals surface area contributed by atoms with Gasteiger partial charge in [0.05, 0.1) is 23.0 Å². The zero-order valence-electron chi connectivity index (χ0n) is 15.5. The summed E-state index contributed by atoms with van der Waals surface area (Å²) in [5.74, 6) is -0.560. The molecule has 1 aliphatic rings. The molecule has 1 amide bonds. The van der Waals surface area contributed by atoms with Crippen molar-refractivity contribution in [2.24, 2.45) is 0 Å². The van der Waals surface area contributed by atoms with Crippen LogP contribution < -0.4 is 0 Å². The fourth-order valence-electron chi connectivity index (χ4n) is 3.01. The van der Waals surface area contributed by atoms with E-state index in [2.05, 4.69) is 0 Å². The minimum absolute atomic E-state index is 0.0453. The van der Waals surface area contributed by atoms with E-state index in [1.165, 1.54) is 44.5 Å². The number of likely N-dealkylation sites (N-methyl/N-ethyl adjacent to an activating group) is 1. The van der Waals surface area contributed by atoms with E-state index in [-0.39, 0.29) is 10.6 Å². The lowest BCUT2D eigenvalue weighted by Crippen LogP contribution is -2.32. The van der Waals surface area contributed by atoms with Gasteiger partial charge in [-0.3, -0.25) is 19.7 Å². The standard InChI is InChI=1S/C18H19N3O6S/c1-12-7-9-15(10-8-12)28(25,26)20-16(17(20)18(22)19(2)27-3)13-5-4-6-14(11-13)21(23)24/h4-11,16-17H,1-3H3/t16-,17-,20?/m1/s1. The lowest BCUT2D eigenvalue weighted by molar-refractivity contribution is -0.384. The average Bonchev–Trinajstić information content (AvgIpc) is 3.44. The molecule has 1 saturated heterocycles. The molecule has 28 heavy (non-hydrogen) atoms. The van der Waals surface area contributed by atoms with Gasteiger partial charge < -0.3 is 0 Å². The van der Waals surface area contributed by atoms with Gasteiger partial charge in [0.2, 0.25) is 10.0 Å². The Kier molecular flexibility index (Phi) is 5.20. The van der Waals surface area contributed by atoms with Gasteiger partial charge in [-0.1, -0.05) is 29.8 Å². The van der Waals surface area contributed by atoms with Crippen LogP contribution in [0.15, 0.2) is 53.4 Å². The Bertz CT molecular complexity index is 1020. The molecule has 2 aromatic rings. The molecule has 0 radical (unpaired) electrons. The molecule has 2 aromatic carbocycles. The number of non-ortho nitro benzene ring substituents is 1. The Morgan fingerprint density at radius 1 is 1.21 bits per heavy atom. The molecule has 1 heterocycles. The second kappa shape index (κ2) is 7.30. The maximum atomic E-state index is 13.1. The Morgan fingerprint density at radius 2 is 1.86 bits per heavy atom. The van der Waals surface area contributed by atoms with Crippen LogP contribution in [0.5, 0.6) is 0 Å². The van der Waals surface area contributed by atoms with Crippen LogP contribution >= 0.6 is 0 Å². The van der Waals surface area contributed by atoms with E-state index in [1.54, 1.807) is 18.2 Å². The van der Waals surface area contributed by atoms with Crippen LogP contribution in [0.2, 0.25) is 0 Å². The highest BCUT2D eigenvalue weighted by molar-refractivity contribution is 7.89. The summed E-state index contributed by atoms with van der Waals surface area (Å²) in [6.07, 6.45) is 0. The van der Waals surface area contributed by atoms with Crippen LogP contribution in [-0.4, -0.2) is 48.8 Å². The molecule has 0 bridgehead atoms. The normalized spacial score (nSPS) is 21.2. The van der Waals surface area contributed by atoms with Gasteiger partial charge >= 0.3 is 0 Å². The third-order valence-electron chi connectivity index (χ3n) is 4.61. The van der Waals surface area contributed by atoms with Crippen LogP contribution in [0, 0.1) is 17.0 Å². The molecule has 1 unspecified atom stereocenters. The zero-order chi connectivity index (χ0) is 20.6. The number of nitro groups is 1. The molecule has 9 nitrogen and oxygen atoms in total. The topological polar surface area (TPSA) is 110 Å². The van der Waals surface area contributed by atoms with Gasteiger partial charge in [-0.2, -0.15) is 4.31 Å². The van der Waals surface area contributed by atoms with Crippen molar-refractivity contribution in [2.75, 3.05) is 14.2 Å². The predicted octanol–water partition coefficient (Wildman–Crippen LogP) is 2.04. The van der Waals surface area contributed by atoms with E-state index in [9.17, 15) is 23.3 Å². The van der Waals surface area contributed by atoms with Crippen LogP contribution in [0.4, 0.5) is 5.69 Å². The first-order chi connectivity index (χ1) is 13.2. The van der Waals surface area contributed by atoms with E-state index < -0.39 is 32.9 Å². The molecular formula is C18H19N3O6S. The number of carbonyl (C=O) groups is 1. The summed E-state index contributed by atoms with van der Waals surface area (Å²) in [5.41, 5.74) is 1.09. The van der Waals surface area contributed by atoms with E-state index >= 15 is 0 Å². The first-order valence-corrected chi connectivity index (χ1v) is 9.78. The molecule has 0 aliphatic carbocycles. The summed E-state index contributed by atoms with van der Waals surface area (Å²) < 4.78 is 27.3. The van der Waals surface area contributed by atoms with Crippen molar-refractivity contribution < 1.29 is 23.0 Å². The number of nitro benzene ring substituents is 1. The maximum Gasteiger partial charge on any atom is 0.269 e. The second-order valence-corrected chi connectivity index (χ2v) is 8.25. The van der Waals surface area contributed by atoms with Crippen molar-refractivity contribution in [2.45, 2.75) is 23.9 Å². The number of aryl methyl sites for hydroxylation is 1. The number of hydrogen-bond donors (Lipinski definition) is 0. The quantitative estimate of drug-likeness (QED) is 0.413. The molecular weight excluding hydrogens is 386 g/mol. The number of sulfonamides is 1. The highest BCUT2D eigenvalue weighted by Gasteiger charge is 2.61. The third-order valence-corrected chi connectivity index (χ3v) is 6.49. The lowest BCUT2D eigenvalue weighted by Gasteiger charge is -2.13. The Balaban J connectivity index is 2.04. The fourth-order valence-corrected chi connectivity index (χ4v) is 4.72. The van der Waals surface area contributed by atoms with Crippen molar-refractivity contribution in [1.29, 1.82) is 0 Å². The fraction of sp³-hybridized carbons (Fsp3) is 0.278. The van der Waals surface area contributed by atoms with Crippen LogP contribution in [-0.2, 0) is 19.7 Å². The van der Waals surface area contributed by atoms with Gasteiger partial charge in [-0.25, -0.2) is 13.5 Å². The first kappa shape index (κ1) is 19.9. The number of carbonyl (C=O) groups excluding carboxylic acids is 1. The summed E-state index contributed by atoms with van der Waals surface area (Å²) in [4.78, 5) is 28.1. The summed E-state index contributed by atoms with van der Waals surface area (Å²) in [5, 5.41) is 12.0. The number of rotatable bonds is 6. The number of hydrogen-bond acceptors (Lipinski definition) is 6. The SMILES string of the molecule is CON(C)C(=O)[C@H]1[C@@H](c2cccc([N+](=O)[O-])c2)N1S(=O)(=O)c1ccc(C)cc1. The van der Waals surface area contributed by atoms with Crippen molar-refractivity contribution in [1.82, 2.24) is 9.37 Å². The average molecular weight is 405 g/mol. The van der Waals surface area contributed by atoms with E-state index in [0.717, 1.165) is 14.9 Å². The predicted molar refractivity (Wildman–Crippen MR) is 99.6 cm³/mol. The Labute approximate surface area is 162 Å². The van der Waals surface area contributed by atoms with Crippen LogP contribution in [0.25, 0.3) is 0 Å². The summed E-state index contributed by atoms with van der Waals surface area (Å²) in [6.45, 7) is 1.83. The van der Waals surface area contributed by atoms with Crippen molar-refractivity contribution in [3.05, 3.63) is 69.8 Å². The second-order valence-electron chi connectivity index (χ2n) is 6.41. The molecule has 1 aliphatic heterocycles. The Morgan fingerprint density at radius 3 is 2.43 bits per heavy atom. The third kappa shape index (κ3) is 3.49. The molecule has 3 atom stereocenters. The van der Waals surface area contributed by atoms with E-state index in [4.69, 9.17) is 4.84 Å². The van der Waals surface area contributed by atoms with E-state index in [1.807, 2.05) is 6.92 Å². The molecule has 10 heteroatoms. The molecule has 3 rings (SSSR count). The summed E-state index contributed by atoms with van der Waals surface area (Å²) in [7, 11) is -1.32. The first-order valence-electron chi connectivity index (χ1n) is 8.34. The highest BCUT2D eigenvalue weighted by Crippen LogP contribution is 2.48. The molecule has 0 spiro atoms. The van der Waals surface area contributed by atoms with Gasteiger partial charge in [-0.05, 0) is 24.6 Å². The molecule has 0 saturated carbocycles. The number of amides is 1. The molecule has 0 aromatic heterocycles. The van der Waals surface area contributed by atoms with Crippen molar-refractivity contribution >= 4 is 21.6 Å². The monoisotopic (exact) mass is 405 g/mol. The molecule has 1 fully saturated rings. The van der Waals surface area contributed by atoms with Gasteiger partial charge in [0, 0.05) is 19.2 Å². The minimum Gasteiger partial charge on any atom is -0.275 e. The summed E-state index contributed by atoms with van der Waals surface area (Å²) >= 11 is 0. The minimum atomic E-state index is -3.99. The van der Waals surface area contributed by atoms with Gasteiger partial charge in [0.1, 0.15) is 6.04 Å². The van der Waals surface area contributed by atoms with Gasteiger partial charge in [-0.15, -0.1) is 0 Å². The van der Waals surface area contributed by atoms with E-state index in [0.29, 0.717) is 5.56 Å². The number of hydroxylamine groups is 2. The van der Waals surface area contributed by atoms with Crippen LogP contribution in [0.3, 0.4) is 0 Å². The van der Waals surface area contributed by atoms with Crippen molar-refractivity contribution in [3.63, 3.8) is 0 Å². The highest BCUT2D eigenvalue weighted by atomic mass is 32.2.